The molecule has 0 saturated carbocycles. The predicted octanol–water partition coefficient (Wildman–Crippen LogP) is 3.32. The van der Waals surface area contributed by atoms with Crippen LogP contribution in [0.3, 0.4) is 0 Å². The molecule has 4 heteroatoms. The van der Waals surface area contributed by atoms with E-state index in [1.165, 1.54) is 6.42 Å². The maximum atomic E-state index is 13.1. The number of ketones is 1. The van der Waals surface area contributed by atoms with Crippen molar-refractivity contribution in [1.82, 2.24) is 14.8 Å². The van der Waals surface area contributed by atoms with E-state index in [9.17, 15) is 4.79 Å². The van der Waals surface area contributed by atoms with Crippen molar-refractivity contribution in [3.63, 3.8) is 0 Å². The van der Waals surface area contributed by atoms with Crippen LogP contribution >= 0.6 is 0 Å². The summed E-state index contributed by atoms with van der Waals surface area (Å²) in [6, 6.07) is 8.03. The first-order chi connectivity index (χ1) is 11.5. The fourth-order valence-electron chi connectivity index (χ4n) is 3.90. The second-order valence-corrected chi connectivity index (χ2v) is 7.22. The molecule has 0 spiro atoms. The van der Waals surface area contributed by atoms with E-state index in [1.54, 1.807) is 0 Å². The van der Waals surface area contributed by atoms with Crippen LogP contribution in [0.1, 0.15) is 36.3 Å². The molecule has 2 aromatic rings. The highest BCUT2D eigenvalue weighted by molar-refractivity contribution is 6.11. The summed E-state index contributed by atoms with van der Waals surface area (Å²) >= 11 is 0. The number of nitrogens with zero attached hydrogens (tertiary/aromatic N) is 2. The van der Waals surface area contributed by atoms with Crippen molar-refractivity contribution < 1.29 is 4.79 Å². The van der Waals surface area contributed by atoms with Gasteiger partial charge in [-0.05, 0) is 52.4 Å². The maximum Gasteiger partial charge on any atom is 0.182 e. The van der Waals surface area contributed by atoms with E-state index >= 15 is 0 Å². The van der Waals surface area contributed by atoms with Crippen molar-refractivity contribution >= 4 is 16.7 Å². The number of aryl methyl sites for hydroxylation is 1. The third-order valence-electron chi connectivity index (χ3n) is 5.49. The third-order valence-corrected chi connectivity index (χ3v) is 5.49. The number of nitrogens with one attached hydrogen (secondary N) is 1. The van der Waals surface area contributed by atoms with E-state index in [4.69, 9.17) is 0 Å². The molecule has 1 aromatic heterocycles. The van der Waals surface area contributed by atoms with Crippen molar-refractivity contribution in [2.45, 2.75) is 33.2 Å². The average Bonchev–Trinajstić information content (AvgIpc) is 3.16. The highest BCUT2D eigenvalue weighted by atomic mass is 16.1. The monoisotopic (exact) mass is 327 g/mol. The van der Waals surface area contributed by atoms with Gasteiger partial charge >= 0.3 is 0 Å². The molecule has 4 nitrogen and oxygen atoms in total. The van der Waals surface area contributed by atoms with Crippen LogP contribution in [0.2, 0.25) is 0 Å². The number of likely N-dealkylation sites (tertiary alicyclic amines) is 1. The van der Waals surface area contributed by atoms with Gasteiger partial charge in [-0.25, -0.2) is 0 Å². The number of fused-ring (bicyclic) bond motifs is 1. The second-order valence-electron chi connectivity index (χ2n) is 7.22. The van der Waals surface area contributed by atoms with Crippen LogP contribution in [0, 0.1) is 12.8 Å². The van der Waals surface area contributed by atoms with Gasteiger partial charge in [0.05, 0.1) is 6.04 Å². The molecule has 0 unspecified atom stereocenters. The lowest BCUT2D eigenvalue weighted by molar-refractivity contribution is 0.0862. The summed E-state index contributed by atoms with van der Waals surface area (Å²) in [5.74, 6) is 0.920. The van der Waals surface area contributed by atoms with Gasteiger partial charge in [0.2, 0.25) is 0 Å². The first-order valence-corrected chi connectivity index (χ1v) is 9.05. The Labute approximate surface area is 144 Å². The number of benzene rings is 1. The SMILES string of the molecule is CCN(C)C[C@@H]1CCN([C@@H](C)C(=O)c2c(C)[nH]c3ccccc23)C1. The van der Waals surface area contributed by atoms with Crippen LogP contribution in [0.15, 0.2) is 24.3 Å². The van der Waals surface area contributed by atoms with E-state index in [0.717, 1.165) is 48.3 Å². The van der Waals surface area contributed by atoms with Crippen molar-refractivity contribution in [1.29, 1.82) is 0 Å². The average molecular weight is 327 g/mol. The van der Waals surface area contributed by atoms with E-state index in [-0.39, 0.29) is 11.8 Å². The molecule has 2 atom stereocenters. The summed E-state index contributed by atoms with van der Waals surface area (Å²) < 4.78 is 0. The Morgan fingerprint density at radius 2 is 2.17 bits per heavy atom. The summed E-state index contributed by atoms with van der Waals surface area (Å²) in [5, 5.41) is 1.05. The molecule has 0 radical (unpaired) electrons. The zero-order chi connectivity index (χ0) is 17.3. The van der Waals surface area contributed by atoms with Gasteiger partial charge in [-0.2, -0.15) is 0 Å². The van der Waals surface area contributed by atoms with Gasteiger partial charge in [-0.1, -0.05) is 25.1 Å². The van der Waals surface area contributed by atoms with Crippen LogP contribution in [0.25, 0.3) is 10.9 Å². The molecule has 0 bridgehead atoms. The number of aromatic amines is 1. The van der Waals surface area contributed by atoms with Gasteiger partial charge in [-0.15, -0.1) is 0 Å². The number of para-hydroxylation sites is 1. The van der Waals surface area contributed by atoms with Crippen molar-refractivity contribution in [2.24, 2.45) is 5.92 Å². The topological polar surface area (TPSA) is 39.3 Å². The largest absolute Gasteiger partial charge is 0.358 e. The Hall–Kier alpha value is -1.65. The maximum absolute atomic E-state index is 13.1. The Balaban J connectivity index is 1.74. The lowest BCUT2D eigenvalue weighted by Crippen LogP contribution is -2.38. The molecule has 1 saturated heterocycles. The number of carbonyl (C=O) groups is 1. The summed E-state index contributed by atoms with van der Waals surface area (Å²) in [6.07, 6.45) is 1.19. The number of H-pyrrole nitrogens is 1. The first-order valence-electron chi connectivity index (χ1n) is 9.05. The summed E-state index contributed by atoms with van der Waals surface area (Å²) in [4.78, 5) is 21.2. The van der Waals surface area contributed by atoms with Crippen molar-refractivity contribution in [2.75, 3.05) is 33.2 Å². The first kappa shape index (κ1) is 17.2. The number of Topliss-reactive ketones (excluding diaryl/α,β-unsaturated/α-hetero) is 1. The minimum absolute atomic E-state index is 0.0557. The van der Waals surface area contributed by atoms with Gasteiger partial charge < -0.3 is 9.88 Å². The molecule has 0 aliphatic carbocycles. The fraction of sp³-hybridized carbons (Fsp3) is 0.550. The lowest BCUT2D eigenvalue weighted by Gasteiger charge is -2.24. The summed E-state index contributed by atoms with van der Waals surface area (Å²) in [6.45, 7) is 10.5. The van der Waals surface area contributed by atoms with E-state index in [1.807, 2.05) is 31.2 Å². The number of carbonyl (C=O) groups excluding carboxylic acids is 1. The van der Waals surface area contributed by atoms with E-state index in [0.29, 0.717) is 5.92 Å². The summed E-state index contributed by atoms with van der Waals surface area (Å²) in [5.41, 5.74) is 2.90. The van der Waals surface area contributed by atoms with Gasteiger partial charge in [0.1, 0.15) is 0 Å². The van der Waals surface area contributed by atoms with E-state index in [2.05, 4.69) is 35.7 Å². The molecule has 2 heterocycles. The predicted molar refractivity (Wildman–Crippen MR) is 99.7 cm³/mol. The molecule has 0 amide bonds. The molecular formula is C20H29N3O. The molecule has 24 heavy (non-hydrogen) atoms. The Morgan fingerprint density at radius 3 is 2.92 bits per heavy atom. The van der Waals surface area contributed by atoms with Crippen LogP contribution in [0.4, 0.5) is 0 Å². The lowest BCUT2D eigenvalue weighted by atomic mass is 10.0. The van der Waals surface area contributed by atoms with Crippen LogP contribution in [0.5, 0.6) is 0 Å². The normalized spacial score (nSPS) is 20.1. The third kappa shape index (κ3) is 3.26. The van der Waals surface area contributed by atoms with Crippen molar-refractivity contribution in [3.8, 4) is 0 Å². The zero-order valence-electron chi connectivity index (χ0n) is 15.3. The minimum atomic E-state index is -0.0557. The van der Waals surface area contributed by atoms with Gasteiger partial charge in [-0.3, -0.25) is 9.69 Å². The van der Waals surface area contributed by atoms with E-state index < -0.39 is 0 Å². The molecular weight excluding hydrogens is 298 g/mol. The van der Waals surface area contributed by atoms with Crippen LogP contribution < -0.4 is 0 Å². The van der Waals surface area contributed by atoms with Gasteiger partial charge in [0.15, 0.2) is 5.78 Å². The molecule has 1 N–H and O–H groups in total. The van der Waals surface area contributed by atoms with Crippen LogP contribution in [-0.2, 0) is 0 Å². The van der Waals surface area contributed by atoms with Crippen molar-refractivity contribution in [3.05, 3.63) is 35.5 Å². The highest BCUT2D eigenvalue weighted by Gasteiger charge is 2.31. The molecule has 3 rings (SSSR count). The molecule has 1 aliphatic heterocycles. The quantitative estimate of drug-likeness (QED) is 0.827. The second kappa shape index (κ2) is 7.08. The fourth-order valence-corrected chi connectivity index (χ4v) is 3.90. The zero-order valence-corrected chi connectivity index (χ0v) is 15.3. The smallest absolute Gasteiger partial charge is 0.182 e. The number of hydrogen-bond acceptors (Lipinski definition) is 3. The Kier molecular flexibility index (Phi) is 5.07. The molecule has 1 fully saturated rings. The van der Waals surface area contributed by atoms with Crippen LogP contribution in [-0.4, -0.2) is 59.8 Å². The Bertz CT molecular complexity index is 721. The summed E-state index contributed by atoms with van der Waals surface area (Å²) in [7, 11) is 2.17. The minimum Gasteiger partial charge on any atom is -0.358 e. The van der Waals surface area contributed by atoms with Gasteiger partial charge in [0.25, 0.3) is 0 Å². The Morgan fingerprint density at radius 1 is 1.42 bits per heavy atom. The number of rotatable bonds is 6. The number of aromatic nitrogens is 1. The van der Waals surface area contributed by atoms with Gasteiger partial charge in [0, 0.05) is 35.2 Å². The number of hydrogen-bond donors (Lipinski definition) is 1. The molecule has 1 aliphatic rings. The standard InChI is InChI=1S/C20H29N3O/c1-5-22(4)12-16-10-11-23(13-16)15(3)20(24)19-14(2)21-18-9-7-6-8-17(18)19/h6-9,15-16,21H,5,10-13H2,1-4H3/t15-,16-/m0/s1. The molecule has 130 valence electrons. The highest BCUT2D eigenvalue weighted by Crippen LogP contribution is 2.26. The molecule has 1 aromatic carbocycles.